The molecule has 8 nitrogen and oxygen atoms in total. The summed E-state index contributed by atoms with van der Waals surface area (Å²) in [6.45, 7) is 4.05. The van der Waals surface area contributed by atoms with E-state index in [2.05, 4.69) is 30.0 Å². The van der Waals surface area contributed by atoms with Crippen LogP contribution in [-0.2, 0) is 20.9 Å². The van der Waals surface area contributed by atoms with Crippen LogP contribution in [0.1, 0.15) is 18.6 Å². The van der Waals surface area contributed by atoms with E-state index in [4.69, 9.17) is 29.0 Å². The minimum Gasteiger partial charge on any atom is -0.475 e. The van der Waals surface area contributed by atoms with Gasteiger partial charge in [0.1, 0.15) is 5.76 Å². The molecule has 0 saturated carbocycles. The quantitative estimate of drug-likeness (QED) is 0.621. The highest BCUT2D eigenvalue weighted by Crippen LogP contribution is 2.31. The third-order valence-corrected chi connectivity index (χ3v) is 4.92. The molecule has 14 heteroatoms. The number of ether oxygens (including phenoxy) is 1. The van der Waals surface area contributed by atoms with E-state index in [-0.39, 0.29) is 0 Å². The topological polar surface area (TPSA) is 103 Å². The highest BCUT2D eigenvalue weighted by Gasteiger charge is 2.40. The van der Waals surface area contributed by atoms with Crippen molar-refractivity contribution in [1.82, 2.24) is 9.80 Å². The standard InChI is InChI=1S/C15H24N2O2.2C2HF3O2/c1-16(2)14-11-17(10-13-6-4-7-18-13)9-12-5-3-8-19-15(12)14;2*3-2(4,5)1(6)7/h4,6-7,12,14-15H,3,5,8-11H2,1-2H3;2*(H,6,7)/t12-,14+,15-;;/m0../s1. The van der Waals surface area contributed by atoms with Crippen LogP contribution in [0.4, 0.5) is 26.3 Å². The molecule has 0 spiro atoms. The first-order valence-corrected chi connectivity index (χ1v) is 9.76. The molecule has 2 saturated heterocycles. The van der Waals surface area contributed by atoms with Crippen molar-refractivity contribution in [1.29, 1.82) is 0 Å². The molecule has 0 aromatic carbocycles. The molecule has 3 heterocycles. The van der Waals surface area contributed by atoms with Gasteiger partial charge >= 0.3 is 24.3 Å². The van der Waals surface area contributed by atoms with E-state index >= 15 is 0 Å². The van der Waals surface area contributed by atoms with E-state index in [1.54, 1.807) is 6.26 Å². The predicted octanol–water partition coefficient (Wildman–Crippen LogP) is 3.09. The van der Waals surface area contributed by atoms with E-state index in [1.807, 2.05) is 6.07 Å². The molecular formula is C19H26F6N2O6. The average Bonchev–Trinajstić information content (AvgIpc) is 3.19. The van der Waals surface area contributed by atoms with E-state index in [9.17, 15) is 26.3 Å². The number of carboxylic acid groups (broad SMARTS) is 2. The summed E-state index contributed by atoms with van der Waals surface area (Å²) < 4.78 is 75.0. The maximum absolute atomic E-state index is 10.6. The second-order valence-electron chi connectivity index (χ2n) is 7.65. The zero-order valence-corrected chi connectivity index (χ0v) is 17.9. The fraction of sp³-hybridized carbons (Fsp3) is 0.684. The van der Waals surface area contributed by atoms with Crippen molar-refractivity contribution in [2.45, 2.75) is 43.9 Å². The summed E-state index contributed by atoms with van der Waals surface area (Å²) in [6, 6.07) is 4.53. The Kier molecular flexibility index (Phi) is 10.6. The Labute approximate surface area is 185 Å². The number of hydrogen-bond acceptors (Lipinski definition) is 6. The van der Waals surface area contributed by atoms with Crippen molar-refractivity contribution in [3.05, 3.63) is 24.2 Å². The van der Waals surface area contributed by atoms with Gasteiger partial charge in [0, 0.05) is 25.7 Å². The number of likely N-dealkylation sites (N-methyl/N-ethyl adjacent to an activating group) is 1. The number of rotatable bonds is 3. The first-order chi connectivity index (χ1) is 15.1. The van der Waals surface area contributed by atoms with Crippen LogP contribution in [0.3, 0.4) is 0 Å². The number of carbonyl (C=O) groups is 2. The molecule has 3 atom stereocenters. The van der Waals surface area contributed by atoms with Gasteiger partial charge in [0.2, 0.25) is 0 Å². The van der Waals surface area contributed by atoms with Crippen LogP contribution in [0.15, 0.2) is 22.8 Å². The molecule has 3 rings (SSSR count). The van der Waals surface area contributed by atoms with Crippen LogP contribution < -0.4 is 0 Å². The van der Waals surface area contributed by atoms with E-state index in [1.165, 1.54) is 12.8 Å². The molecule has 0 radical (unpaired) electrons. The molecule has 2 fully saturated rings. The van der Waals surface area contributed by atoms with Gasteiger partial charge in [-0.25, -0.2) is 9.59 Å². The average molecular weight is 492 g/mol. The monoisotopic (exact) mass is 492 g/mol. The second kappa shape index (κ2) is 12.2. The molecule has 2 N–H and O–H groups in total. The van der Waals surface area contributed by atoms with Gasteiger partial charge in [-0.3, -0.25) is 4.90 Å². The molecule has 2 aliphatic rings. The van der Waals surface area contributed by atoms with E-state index in [0.29, 0.717) is 18.1 Å². The zero-order valence-electron chi connectivity index (χ0n) is 17.9. The lowest BCUT2D eigenvalue weighted by Gasteiger charge is -2.47. The lowest BCUT2D eigenvalue weighted by molar-refractivity contribution is -0.193. The van der Waals surface area contributed by atoms with E-state index in [0.717, 1.165) is 32.0 Å². The molecule has 0 amide bonds. The molecule has 0 aliphatic carbocycles. The van der Waals surface area contributed by atoms with Gasteiger partial charge in [0.05, 0.1) is 18.9 Å². The third-order valence-electron chi connectivity index (χ3n) is 4.92. The third kappa shape index (κ3) is 10.0. The lowest BCUT2D eigenvalue weighted by Crippen LogP contribution is -2.59. The number of fused-ring (bicyclic) bond motifs is 1. The van der Waals surface area contributed by atoms with E-state index < -0.39 is 24.3 Å². The van der Waals surface area contributed by atoms with Crippen LogP contribution >= 0.6 is 0 Å². The van der Waals surface area contributed by atoms with Crippen LogP contribution in [0, 0.1) is 5.92 Å². The Balaban J connectivity index is 0.000000324. The number of furan rings is 1. The van der Waals surface area contributed by atoms with Gasteiger partial charge in [0.15, 0.2) is 0 Å². The summed E-state index contributed by atoms with van der Waals surface area (Å²) in [7, 11) is 4.33. The number of piperidine rings is 1. The number of likely N-dealkylation sites (tertiary alicyclic amines) is 1. The number of hydrogen-bond donors (Lipinski definition) is 2. The van der Waals surface area contributed by atoms with Gasteiger partial charge in [0.25, 0.3) is 0 Å². The Morgan fingerprint density at radius 1 is 1.09 bits per heavy atom. The molecule has 1 aromatic heterocycles. The molecule has 0 unspecified atom stereocenters. The summed E-state index contributed by atoms with van der Waals surface area (Å²) in [6.07, 6.45) is -5.49. The number of carboxylic acids is 2. The summed E-state index contributed by atoms with van der Waals surface area (Å²) >= 11 is 0. The smallest absolute Gasteiger partial charge is 0.475 e. The molecule has 2 aliphatic heterocycles. The molecule has 0 bridgehead atoms. The number of aliphatic carboxylic acids is 2. The SMILES string of the molecule is CN(C)[C@@H]1CN(Cc2ccco2)C[C@@H]2CCCO[C@@H]21.O=C(O)C(F)(F)F.O=C(O)C(F)(F)F. The summed E-state index contributed by atoms with van der Waals surface area (Å²) in [4.78, 5) is 22.6. The largest absolute Gasteiger partial charge is 0.490 e. The van der Waals surface area contributed by atoms with Gasteiger partial charge < -0.3 is 24.3 Å². The van der Waals surface area contributed by atoms with Gasteiger partial charge in [-0.05, 0) is 45.0 Å². The van der Waals surface area contributed by atoms with Crippen LogP contribution in [0.25, 0.3) is 0 Å². The molecular weight excluding hydrogens is 466 g/mol. The van der Waals surface area contributed by atoms with Crippen LogP contribution in [0.5, 0.6) is 0 Å². The highest BCUT2D eigenvalue weighted by molar-refractivity contribution is 5.73. The second-order valence-corrected chi connectivity index (χ2v) is 7.65. The number of halogens is 6. The van der Waals surface area contributed by atoms with Crippen molar-refractivity contribution in [2.24, 2.45) is 5.92 Å². The lowest BCUT2D eigenvalue weighted by atomic mass is 9.85. The molecule has 1 aromatic rings. The number of nitrogens with zero attached hydrogens (tertiary/aromatic N) is 2. The van der Waals surface area contributed by atoms with Gasteiger partial charge in [-0.1, -0.05) is 0 Å². The van der Waals surface area contributed by atoms with Crippen LogP contribution in [0.2, 0.25) is 0 Å². The Bertz CT molecular complexity index is 714. The maximum Gasteiger partial charge on any atom is 0.490 e. The summed E-state index contributed by atoms with van der Waals surface area (Å²) in [5, 5.41) is 14.2. The first-order valence-electron chi connectivity index (χ1n) is 9.76. The minimum absolute atomic E-state index is 0.414. The molecule has 33 heavy (non-hydrogen) atoms. The number of alkyl halides is 6. The Morgan fingerprint density at radius 2 is 1.64 bits per heavy atom. The fourth-order valence-electron chi connectivity index (χ4n) is 3.47. The van der Waals surface area contributed by atoms with Crippen molar-refractivity contribution in [2.75, 3.05) is 33.8 Å². The first kappa shape index (κ1) is 28.7. The van der Waals surface area contributed by atoms with Crippen molar-refractivity contribution >= 4 is 11.9 Å². The minimum atomic E-state index is -5.08. The van der Waals surface area contributed by atoms with Crippen molar-refractivity contribution in [3.63, 3.8) is 0 Å². The van der Waals surface area contributed by atoms with Gasteiger partial charge in [-0.2, -0.15) is 26.3 Å². The normalized spacial score (nSPS) is 23.5. The maximum atomic E-state index is 10.6. The summed E-state index contributed by atoms with van der Waals surface area (Å²) in [5.41, 5.74) is 0. The predicted molar refractivity (Wildman–Crippen MR) is 101 cm³/mol. The Morgan fingerprint density at radius 3 is 2.06 bits per heavy atom. The van der Waals surface area contributed by atoms with Gasteiger partial charge in [-0.15, -0.1) is 0 Å². The van der Waals surface area contributed by atoms with Crippen molar-refractivity contribution in [3.8, 4) is 0 Å². The zero-order chi connectivity index (χ0) is 25.4. The van der Waals surface area contributed by atoms with Crippen molar-refractivity contribution < 1.29 is 55.3 Å². The Hall–Kier alpha value is -2.32. The highest BCUT2D eigenvalue weighted by atomic mass is 19.4. The van der Waals surface area contributed by atoms with Crippen LogP contribution in [-0.4, -0.2) is 90.2 Å². The molecule has 190 valence electrons. The summed E-state index contributed by atoms with van der Waals surface area (Å²) in [5.74, 6) is -3.78. The fourth-order valence-corrected chi connectivity index (χ4v) is 3.47.